The van der Waals surface area contributed by atoms with Crippen molar-refractivity contribution in [3.8, 4) is 10.4 Å². The van der Waals surface area contributed by atoms with Gasteiger partial charge in [-0.25, -0.2) is 13.6 Å². The molecule has 2 aromatic carbocycles. The monoisotopic (exact) mass is 373 g/mol. The molecule has 26 heavy (non-hydrogen) atoms. The number of methoxy groups -OCH3 is 1. The van der Waals surface area contributed by atoms with E-state index in [2.05, 4.69) is 5.32 Å². The number of hydrogen-bond acceptors (Lipinski definition) is 4. The number of benzene rings is 2. The Morgan fingerprint density at radius 2 is 1.65 bits per heavy atom. The Morgan fingerprint density at radius 1 is 1.00 bits per heavy atom. The second-order valence-electron chi connectivity index (χ2n) is 5.26. The van der Waals surface area contributed by atoms with E-state index in [1.54, 1.807) is 6.07 Å². The summed E-state index contributed by atoms with van der Waals surface area (Å²) in [7, 11) is 1.21. The van der Waals surface area contributed by atoms with Crippen LogP contribution in [0.3, 0.4) is 0 Å². The van der Waals surface area contributed by atoms with E-state index in [0.29, 0.717) is 4.88 Å². The lowest BCUT2D eigenvalue weighted by Gasteiger charge is -2.07. The number of amides is 1. The second-order valence-corrected chi connectivity index (χ2v) is 6.31. The maximum atomic E-state index is 13.8. The van der Waals surface area contributed by atoms with Gasteiger partial charge in [-0.15, -0.1) is 11.3 Å². The summed E-state index contributed by atoms with van der Waals surface area (Å²) in [5.74, 6) is -3.61. The van der Waals surface area contributed by atoms with Crippen LogP contribution >= 0.6 is 11.3 Å². The summed E-state index contributed by atoms with van der Waals surface area (Å²) < 4.78 is 32.4. The molecule has 4 nitrogen and oxygen atoms in total. The summed E-state index contributed by atoms with van der Waals surface area (Å²) in [5.41, 5.74) is 0.254. The van der Waals surface area contributed by atoms with Crippen LogP contribution in [-0.4, -0.2) is 19.0 Å². The molecule has 0 bridgehead atoms. The van der Waals surface area contributed by atoms with Gasteiger partial charge in [0.15, 0.2) is 0 Å². The van der Waals surface area contributed by atoms with E-state index in [0.717, 1.165) is 29.0 Å². The zero-order chi connectivity index (χ0) is 18.7. The lowest BCUT2D eigenvalue weighted by atomic mass is 10.1. The molecule has 0 aliphatic rings. The van der Waals surface area contributed by atoms with Gasteiger partial charge >= 0.3 is 5.97 Å². The van der Waals surface area contributed by atoms with Crippen molar-refractivity contribution < 1.29 is 23.1 Å². The van der Waals surface area contributed by atoms with Crippen molar-refractivity contribution >= 4 is 28.9 Å². The Hall–Kier alpha value is -3.06. The molecule has 0 fully saturated rings. The molecule has 0 atom stereocenters. The maximum absolute atomic E-state index is 13.8. The molecular weight excluding hydrogens is 360 g/mol. The minimum Gasteiger partial charge on any atom is -0.465 e. The molecule has 0 spiro atoms. The number of ether oxygens (including phenoxy) is 1. The predicted octanol–water partition coefficient (Wildman–Crippen LogP) is 4.73. The van der Waals surface area contributed by atoms with E-state index < -0.39 is 29.1 Å². The molecule has 0 aliphatic heterocycles. The number of hydrogen-bond donors (Lipinski definition) is 1. The molecule has 0 saturated carbocycles. The van der Waals surface area contributed by atoms with Crippen molar-refractivity contribution in [1.29, 1.82) is 0 Å². The average molecular weight is 373 g/mol. The third-order valence-electron chi connectivity index (χ3n) is 3.60. The zero-order valence-corrected chi connectivity index (χ0v) is 14.4. The molecule has 0 unspecified atom stereocenters. The molecule has 3 rings (SSSR count). The highest BCUT2D eigenvalue weighted by molar-refractivity contribution is 7.18. The number of anilines is 1. The molecule has 1 heterocycles. The van der Waals surface area contributed by atoms with E-state index in [4.69, 9.17) is 4.74 Å². The fourth-order valence-electron chi connectivity index (χ4n) is 2.37. The van der Waals surface area contributed by atoms with Crippen molar-refractivity contribution in [2.75, 3.05) is 12.4 Å². The normalized spacial score (nSPS) is 10.4. The number of nitrogens with one attached hydrogen (secondary N) is 1. The number of carbonyl (C=O) groups is 2. The van der Waals surface area contributed by atoms with Crippen LogP contribution in [-0.2, 0) is 4.74 Å². The highest BCUT2D eigenvalue weighted by Crippen LogP contribution is 2.35. The molecule has 1 amide bonds. The van der Waals surface area contributed by atoms with Gasteiger partial charge in [0.05, 0.1) is 12.8 Å². The van der Waals surface area contributed by atoms with Crippen molar-refractivity contribution in [2.45, 2.75) is 0 Å². The van der Waals surface area contributed by atoms with Crippen LogP contribution in [0.4, 0.5) is 14.5 Å². The van der Waals surface area contributed by atoms with E-state index in [9.17, 15) is 18.4 Å². The second kappa shape index (κ2) is 7.45. The summed E-state index contributed by atoms with van der Waals surface area (Å²) >= 11 is 1.11. The van der Waals surface area contributed by atoms with Crippen molar-refractivity contribution in [1.82, 2.24) is 0 Å². The van der Waals surface area contributed by atoms with Crippen LogP contribution in [0.1, 0.15) is 20.0 Å². The standard InChI is InChI=1S/C19H13F2NO3S/c1-25-19(24)17-14(10-15(26-17)11-6-3-2-4-7-11)22-18(23)16-12(20)8-5-9-13(16)21/h2-10H,1H3,(H,22,23). The summed E-state index contributed by atoms with van der Waals surface area (Å²) in [6, 6.07) is 13.9. The third kappa shape index (κ3) is 3.48. The first kappa shape index (κ1) is 17.8. The van der Waals surface area contributed by atoms with Crippen LogP contribution in [0.2, 0.25) is 0 Å². The van der Waals surface area contributed by atoms with Crippen LogP contribution in [0, 0.1) is 11.6 Å². The average Bonchev–Trinajstić information content (AvgIpc) is 3.05. The molecule has 3 aromatic rings. The van der Waals surface area contributed by atoms with Crippen LogP contribution in [0.5, 0.6) is 0 Å². The lowest BCUT2D eigenvalue weighted by Crippen LogP contribution is -2.17. The summed E-state index contributed by atoms with van der Waals surface area (Å²) in [5, 5.41) is 2.40. The highest BCUT2D eigenvalue weighted by atomic mass is 32.1. The number of esters is 1. The van der Waals surface area contributed by atoms with Gasteiger partial charge in [-0.1, -0.05) is 36.4 Å². The molecule has 1 N–H and O–H groups in total. The van der Waals surface area contributed by atoms with Gasteiger partial charge in [0, 0.05) is 4.88 Å². The largest absolute Gasteiger partial charge is 0.465 e. The Balaban J connectivity index is 2.00. The smallest absolute Gasteiger partial charge is 0.350 e. The summed E-state index contributed by atoms with van der Waals surface area (Å²) in [6.45, 7) is 0. The van der Waals surface area contributed by atoms with Crippen molar-refractivity contribution in [3.05, 3.63) is 76.7 Å². The quantitative estimate of drug-likeness (QED) is 0.673. The molecule has 0 aliphatic carbocycles. The zero-order valence-electron chi connectivity index (χ0n) is 13.6. The van der Waals surface area contributed by atoms with Gasteiger partial charge < -0.3 is 10.1 Å². The van der Waals surface area contributed by atoms with E-state index >= 15 is 0 Å². The van der Waals surface area contributed by atoms with Crippen LogP contribution in [0.15, 0.2) is 54.6 Å². The van der Waals surface area contributed by atoms with E-state index in [1.165, 1.54) is 13.2 Å². The highest BCUT2D eigenvalue weighted by Gasteiger charge is 2.23. The van der Waals surface area contributed by atoms with Gasteiger partial charge in [-0.2, -0.15) is 0 Å². The Kier molecular flexibility index (Phi) is 5.09. The first-order valence-corrected chi connectivity index (χ1v) is 8.36. The molecule has 0 saturated heterocycles. The predicted molar refractivity (Wildman–Crippen MR) is 95.4 cm³/mol. The summed E-state index contributed by atoms with van der Waals surface area (Å²) in [4.78, 5) is 25.2. The molecular formula is C19H13F2NO3S. The van der Waals surface area contributed by atoms with Gasteiger partial charge in [-0.3, -0.25) is 4.79 Å². The number of carbonyl (C=O) groups excluding carboxylic acids is 2. The minimum absolute atomic E-state index is 0.133. The Bertz CT molecular complexity index is 950. The molecule has 132 valence electrons. The fraction of sp³-hybridized carbons (Fsp3) is 0.0526. The summed E-state index contributed by atoms with van der Waals surface area (Å²) in [6.07, 6.45) is 0. The topological polar surface area (TPSA) is 55.4 Å². The molecule has 7 heteroatoms. The maximum Gasteiger partial charge on any atom is 0.350 e. The van der Waals surface area contributed by atoms with E-state index in [1.807, 2.05) is 30.3 Å². The van der Waals surface area contributed by atoms with Crippen LogP contribution < -0.4 is 5.32 Å². The fourth-order valence-corrected chi connectivity index (χ4v) is 3.41. The molecule has 1 aromatic heterocycles. The first-order valence-electron chi connectivity index (χ1n) is 7.54. The third-order valence-corrected chi connectivity index (χ3v) is 4.76. The van der Waals surface area contributed by atoms with Gasteiger partial charge in [0.25, 0.3) is 5.91 Å². The van der Waals surface area contributed by atoms with Gasteiger partial charge in [-0.05, 0) is 23.8 Å². The lowest BCUT2D eigenvalue weighted by molar-refractivity contribution is 0.0607. The Labute approximate surface area is 152 Å². The van der Waals surface area contributed by atoms with E-state index in [-0.39, 0.29) is 10.6 Å². The van der Waals surface area contributed by atoms with Crippen LogP contribution in [0.25, 0.3) is 10.4 Å². The number of rotatable bonds is 4. The number of halogens is 2. The van der Waals surface area contributed by atoms with Gasteiger partial charge in [0.2, 0.25) is 0 Å². The molecule has 0 radical (unpaired) electrons. The first-order chi connectivity index (χ1) is 12.5. The number of thiophene rings is 1. The Morgan fingerprint density at radius 3 is 2.27 bits per heavy atom. The van der Waals surface area contributed by atoms with Crippen molar-refractivity contribution in [2.24, 2.45) is 0 Å². The SMILES string of the molecule is COC(=O)c1sc(-c2ccccc2)cc1NC(=O)c1c(F)cccc1F. The minimum atomic E-state index is -0.986. The van der Waals surface area contributed by atoms with Gasteiger partial charge in [0.1, 0.15) is 22.1 Å². The van der Waals surface area contributed by atoms with Crippen molar-refractivity contribution in [3.63, 3.8) is 0 Å².